The summed E-state index contributed by atoms with van der Waals surface area (Å²) in [6.07, 6.45) is 5.38. The summed E-state index contributed by atoms with van der Waals surface area (Å²) in [4.78, 5) is 10.5. The first-order chi connectivity index (χ1) is 5.75. The number of carbonyl (C=O) groups excluding carboxylic acids is 1. The molecule has 0 aromatic rings. The fraction of sp³-hybridized carbons (Fsp3) is 0.889. The lowest BCUT2D eigenvalue weighted by molar-refractivity contribution is -0.117. The van der Waals surface area contributed by atoms with E-state index in [0.29, 0.717) is 12.6 Å². The molecule has 0 spiro atoms. The lowest BCUT2D eigenvalue weighted by atomic mass is 9.95. The molecule has 3 unspecified atom stereocenters. The third-order valence-electron chi connectivity index (χ3n) is 3.28. The number of rotatable bonds is 3. The second-order valence-electron chi connectivity index (χ2n) is 4.13. The summed E-state index contributed by atoms with van der Waals surface area (Å²) in [5, 5.41) is 3.24. The highest BCUT2D eigenvalue weighted by atomic mass is 16.1. The van der Waals surface area contributed by atoms with Crippen molar-refractivity contribution in [3.05, 3.63) is 0 Å². The molecule has 1 amide bonds. The van der Waals surface area contributed by atoms with Gasteiger partial charge in [0.2, 0.25) is 5.91 Å². The summed E-state index contributed by atoms with van der Waals surface area (Å²) in [5.41, 5.74) is 5.07. The molecule has 2 saturated carbocycles. The predicted molar refractivity (Wildman–Crippen MR) is 46.4 cm³/mol. The van der Waals surface area contributed by atoms with Crippen LogP contribution in [0, 0.1) is 11.8 Å². The Morgan fingerprint density at radius 3 is 2.75 bits per heavy atom. The van der Waals surface area contributed by atoms with E-state index in [-0.39, 0.29) is 5.91 Å². The van der Waals surface area contributed by atoms with Gasteiger partial charge in [-0.05, 0) is 31.1 Å². The number of nitrogens with two attached hydrogens (primary N) is 1. The zero-order chi connectivity index (χ0) is 8.55. The van der Waals surface area contributed by atoms with Gasteiger partial charge in [-0.15, -0.1) is 0 Å². The average Bonchev–Trinajstić information content (AvgIpc) is 2.60. The third-order valence-corrected chi connectivity index (χ3v) is 3.28. The molecule has 2 aliphatic rings. The summed E-state index contributed by atoms with van der Waals surface area (Å²) in [6.45, 7) is 0.355. The monoisotopic (exact) mass is 168 g/mol. The highest BCUT2D eigenvalue weighted by molar-refractivity contribution is 5.75. The Morgan fingerprint density at radius 1 is 1.42 bits per heavy atom. The Morgan fingerprint density at radius 2 is 2.25 bits per heavy atom. The van der Waals surface area contributed by atoms with Crippen LogP contribution in [0.5, 0.6) is 0 Å². The molecule has 2 fully saturated rings. The van der Waals surface area contributed by atoms with Gasteiger partial charge < -0.3 is 11.1 Å². The summed E-state index contributed by atoms with van der Waals surface area (Å²) >= 11 is 0. The van der Waals surface area contributed by atoms with Gasteiger partial charge in [-0.1, -0.05) is 6.42 Å². The molecule has 3 heteroatoms. The number of amides is 1. The van der Waals surface area contributed by atoms with Gasteiger partial charge in [-0.3, -0.25) is 4.79 Å². The van der Waals surface area contributed by atoms with Gasteiger partial charge in [0.05, 0.1) is 6.54 Å². The number of nitrogens with one attached hydrogen (secondary N) is 1. The predicted octanol–water partition coefficient (Wildman–Crippen LogP) is 0.250. The maximum absolute atomic E-state index is 10.5. The Labute approximate surface area is 72.7 Å². The molecule has 0 aromatic carbocycles. The number of primary amides is 1. The standard InChI is InChI=1S/C9H16N2O/c10-9(12)5-11-8-4-6-1-2-7(8)3-6/h6-8,11H,1-5H2,(H2,10,12). The van der Waals surface area contributed by atoms with Crippen molar-refractivity contribution in [2.24, 2.45) is 17.6 Å². The van der Waals surface area contributed by atoms with Gasteiger partial charge in [0, 0.05) is 6.04 Å². The number of hydrogen-bond donors (Lipinski definition) is 2. The fourth-order valence-corrected chi connectivity index (χ4v) is 2.73. The van der Waals surface area contributed by atoms with Crippen molar-refractivity contribution >= 4 is 5.91 Å². The summed E-state index contributed by atoms with van der Waals surface area (Å²) in [5.74, 6) is 1.52. The van der Waals surface area contributed by atoms with E-state index in [1.54, 1.807) is 0 Å². The van der Waals surface area contributed by atoms with Crippen LogP contribution >= 0.6 is 0 Å². The minimum Gasteiger partial charge on any atom is -0.369 e. The van der Waals surface area contributed by atoms with Crippen molar-refractivity contribution in [2.45, 2.75) is 31.7 Å². The molecule has 0 aromatic heterocycles. The third kappa shape index (κ3) is 1.46. The van der Waals surface area contributed by atoms with Gasteiger partial charge in [0.1, 0.15) is 0 Å². The minimum atomic E-state index is -0.238. The van der Waals surface area contributed by atoms with Gasteiger partial charge >= 0.3 is 0 Å². The van der Waals surface area contributed by atoms with E-state index in [4.69, 9.17) is 5.73 Å². The molecule has 3 nitrogen and oxygen atoms in total. The molecule has 68 valence electrons. The summed E-state index contributed by atoms with van der Waals surface area (Å²) < 4.78 is 0. The SMILES string of the molecule is NC(=O)CNC1CC2CCC1C2. The minimum absolute atomic E-state index is 0.238. The molecular formula is C9H16N2O. The van der Waals surface area contributed by atoms with Crippen LogP contribution in [0.3, 0.4) is 0 Å². The quantitative estimate of drug-likeness (QED) is 0.634. The van der Waals surface area contributed by atoms with E-state index >= 15 is 0 Å². The zero-order valence-corrected chi connectivity index (χ0v) is 7.25. The topological polar surface area (TPSA) is 55.1 Å². The molecule has 2 aliphatic carbocycles. The van der Waals surface area contributed by atoms with Gasteiger partial charge in [0.25, 0.3) is 0 Å². The van der Waals surface area contributed by atoms with E-state index < -0.39 is 0 Å². The van der Waals surface area contributed by atoms with E-state index in [9.17, 15) is 4.79 Å². The van der Waals surface area contributed by atoms with Crippen molar-refractivity contribution in [1.82, 2.24) is 5.32 Å². The largest absolute Gasteiger partial charge is 0.369 e. The first-order valence-corrected chi connectivity index (χ1v) is 4.77. The first kappa shape index (κ1) is 8.05. The van der Waals surface area contributed by atoms with Crippen LogP contribution in [0.15, 0.2) is 0 Å². The Kier molecular flexibility index (Phi) is 2.05. The second-order valence-corrected chi connectivity index (χ2v) is 4.13. The maximum atomic E-state index is 10.5. The van der Waals surface area contributed by atoms with Crippen LogP contribution in [-0.4, -0.2) is 18.5 Å². The average molecular weight is 168 g/mol. The Bertz CT molecular complexity index is 193. The van der Waals surface area contributed by atoms with Crippen LogP contribution in [0.1, 0.15) is 25.7 Å². The summed E-state index contributed by atoms with van der Waals surface area (Å²) in [7, 11) is 0. The van der Waals surface area contributed by atoms with E-state index in [0.717, 1.165) is 11.8 Å². The molecule has 0 saturated heterocycles. The molecule has 12 heavy (non-hydrogen) atoms. The molecule has 2 bridgehead atoms. The van der Waals surface area contributed by atoms with Crippen molar-refractivity contribution in [3.8, 4) is 0 Å². The fourth-order valence-electron chi connectivity index (χ4n) is 2.73. The van der Waals surface area contributed by atoms with Crippen LogP contribution < -0.4 is 11.1 Å². The van der Waals surface area contributed by atoms with E-state index in [1.807, 2.05) is 0 Å². The van der Waals surface area contributed by atoms with Crippen molar-refractivity contribution < 1.29 is 4.79 Å². The highest BCUT2D eigenvalue weighted by Gasteiger charge is 2.39. The van der Waals surface area contributed by atoms with Crippen LogP contribution in [-0.2, 0) is 4.79 Å². The van der Waals surface area contributed by atoms with Crippen LogP contribution in [0.25, 0.3) is 0 Å². The smallest absolute Gasteiger partial charge is 0.231 e. The van der Waals surface area contributed by atoms with Gasteiger partial charge in [-0.2, -0.15) is 0 Å². The van der Waals surface area contributed by atoms with Crippen LogP contribution in [0.2, 0.25) is 0 Å². The lowest BCUT2D eigenvalue weighted by Gasteiger charge is -2.21. The molecule has 3 N–H and O–H groups in total. The molecule has 2 rings (SSSR count). The van der Waals surface area contributed by atoms with Crippen molar-refractivity contribution in [3.63, 3.8) is 0 Å². The molecule has 0 radical (unpaired) electrons. The highest BCUT2D eigenvalue weighted by Crippen LogP contribution is 2.44. The van der Waals surface area contributed by atoms with Crippen LogP contribution in [0.4, 0.5) is 0 Å². The molecular weight excluding hydrogens is 152 g/mol. The second kappa shape index (κ2) is 3.05. The maximum Gasteiger partial charge on any atom is 0.231 e. The lowest BCUT2D eigenvalue weighted by Crippen LogP contribution is -2.39. The molecule has 0 aliphatic heterocycles. The van der Waals surface area contributed by atoms with E-state index in [2.05, 4.69) is 5.32 Å². The van der Waals surface area contributed by atoms with E-state index in [1.165, 1.54) is 25.7 Å². The Hall–Kier alpha value is -0.570. The van der Waals surface area contributed by atoms with Gasteiger partial charge in [-0.25, -0.2) is 0 Å². The molecule has 0 heterocycles. The number of carbonyl (C=O) groups is 1. The Balaban J connectivity index is 1.79. The normalized spacial score (nSPS) is 38.8. The number of fused-ring (bicyclic) bond motifs is 2. The summed E-state index contributed by atoms with van der Waals surface area (Å²) in [6, 6.07) is 0.580. The van der Waals surface area contributed by atoms with Crippen molar-refractivity contribution in [2.75, 3.05) is 6.54 Å². The van der Waals surface area contributed by atoms with Crippen molar-refractivity contribution in [1.29, 1.82) is 0 Å². The molecule has 3 atom stereocenters. The number of hydrogen-bond acceptors (Lipinski definition) is 2. The first-order valence-electron chi connectivity index (χ1n) is 4.77. The zero-order valence-electron chi connectivity index (χ0n) is 7.25. The van der Waals surface area contributed by atoms with Gasteiger partial charge in [0.15, 0.2) is 0 Å².